The lowest BCUT2D eigenvalue weighted by molar-refractivity contribution is 0.421. The maximum atomic E-state index is 5.12. The van der Waals surface area contributed by atoms with Gasteiger partial charge in [-0.1, -0.05) is 127 Å². The van der Waals surface area contributed by atoms with Gasteiger partial charge < -0.3 is 13.7 Å². The largest absolute Gasteiger partial charge is 0.334 e. The summed E-state index contributed by atoms with van der Waals surface area (Å²) in [4.78, 5) is 10.2. The van der Waals surface area contributed by atoms with Gasteiger partial charge in [-0.3, -0.25) is 0 Å². The van der Waals surface area contributed by atoms with Crippen LogP contribution in [-0.4, -0.2) is 23.7 Å². The van der Waals surface area contributed by atoms with Crippen molar-refractivity contribution in [2.24, 2.45) is 0 Å². The minimum absolute atomic E-state index is 0.179. The molecule has 11 aromatic rings. The van der Waals surface area contributed by atoms with Crippen molar-refractivity contribution in [2.75, 3.05) is 0 Å². The van der Waals surface area contributed by atoms with Crippen LogP contribution in [0.5, 0.6) is 0 Å². The van der Waals surface area contributed by atoms with Crippen LogP contribution in [0.15, 0.2) is 158 Å². The van der Waals surface area contributed by atoms with Gasteiger partial charge in [0.2, 0.25) is 0 Å². The zero-order valence-electron chi connectivity index (χ0n) is 37.7. The number of hydrogen-bond acceptors (Lipinski definition) is 2. The third kappa shape index (κ3) is 6.04. The molecule has 4 heterocycles. The Morgan fingerprint density at radius 1 is 0.317 bits per heavy atom. The van der Waals surface area contributed by atoms with Crippen LogP contribution >= 0.6 is 0 Å². The van der Waals surface area contributed by atoms with E-state index >= 15 is 0 Å². The summed E-state index contributed by atoms with van der Waals surface area (Å²) in [5.74, 6) is 0.710. The molecule has 0 aliphatic heterocycles. The molecule has 0 radical (unpaired) electrons. The molecule has 310 valence electrons. The average Bonchev–Trinajstić information content (AvgIpc) is 3.93. The Hall–Kier alpha value is -6.98. The topological polar surface area (TPSA) is 40.6 Å². The first-order valence-corrected chi connectivity index (χ1v) is 22.3. The van der Waals surface area contributed by atoms with Crippen molar-refractivity contribution in [3.05, 3.63) is 158 Å². The highest BCUT2D eigenvalue weighted by molar-refractivity contribution is 6.39. The van der Waals surface area contributed by atoms with Gasteiger partial charge in [0, 0.05) is 82.2 Å². The molecule has 0 atom stereocenters. The number of rotatable bonds is 4. The first kappa shape index (κ1) is 38.9. The maximum Gasteiger partial charge on any atom is 0.160 e. The van der Waals surface area contributed by atoms with Crippen LogP contribution in [0.2, 0.25) is 0 Å². The van der Waals surface area contributed by atoms with Crippen molar-refractivity contribution in [3.63, 3.8) is 0 Å². The molecule has 0 unspecified atom stereocenters. The molecule has 5 heteroatoms. The Bertz CT molecular complexity index is 3480. The van der Waals surface area contributed by atoms with Crippen molar-refractivity contribution in [3.8, 4) is 45.0 Å². The molecule has 0 bridgehead atoms. The van der Waals surface area contributed by atoms with Gasteiger partial charge in [0.1, 0.15) is 0 Å². The highest BCUT2D eigenvalue weighted by Gasteiger charge is 2.34. The molecule has 5 nitrogen and oxygen atoms in total. The van der Waals surface area contributed by atoms with E-state index in [2.05, 4.69) is 222 Å². The molecule has 0 aliphatic carbocycles. The fraction of sp³-hybridized carbons (Fsp3) is 0.207. The Balaban J connectivity index is 1.21. The van der Waals surface area contributed by atoms with Crippen LogP contribution in [0, 0.1) is 0 Å². The number of para-hydroxylation sites is 2. The van der Waals surface area contributed by atoms with Crippen molar-refractivity contribution >= 4 is 65.4 Å². The predicted octanol–water partition coefficient (Wildman–Crippen LogP) is 15.7. The summed E-state index contributed by atoms with van der Waals surface area (Å²) in [5, 5.41) is 7.80. The molecule has 0 amide bonds. The minimum atomic E-state index is -0.222. The van der Waals surface area contributed by atoms with Crippen molar-refractivity contribution < 1.29 is 0 Å². The fourth-order valence-corrected chi connectivity index (χ4v) is 10.4. The summed E-state index contributed by atoms with van der Waals surface area (Å²) in [6.07, 6.45) is 0. The second-order valence-corrected chi connectivity index (χ2v) is 20.2. The molecule has 11 rings (SSSR count). The maximum absolute atomic E-state index is 5.12. The molecule has 0 saturated heterocycles. The predicted molar refractivity (Wildman–Crippen MR) is 268 cm³/mol. The first-order valence-electron chi connectivity index (χ1n) is 22.3. The third-order valence-electron chi connectivity index (χ3n) is 12.8. The molecular weight excluding hydrogens is 767 g/mol. The molecule has 0 spiro atoms. The zero-order valence-corrected chi connectivity index (χ0v) is 37.7. The Labute approximate surface area is 369 Å². The molecule has 0 N–H and O–H groups in total. The van der Waals surface area contributed by atoms with Gasteiger partial charge in [-0.05, 0) is 104 Å². The molecule has 0 aliphatic rings. The van der Waals surface area contributed by atoms with E-state index in [-0.39, 0.29) is 16.6 Å². The monoisotopic (exact) mass is 819 g/mol. The Kier molecular flexibility index (Phi) is 8.50. The Morgan fingerprint density at radius 2 is 0.683 bits per heavy atom. The highest BCUT2D eigenvalue weighted by Crippen LogP contribution is 2.52. The second-order valence-electron chi connectivity index (χ2n) is 20.2. The normalized spacial score (nSPS) is 12.8. The standard InChI is InChI=1S/C58H53N5/c1-56(2,3)61-46-26-18-16-24-41(46)50-52(61)49-42-25-17-19-27-47(42)62(57(4,5)6)53(49)51-43-34-40(32-33-48(43)63(54(50)51)58(7,8)9)36-28-30-39(31-29-36)55-59-44(37-20-12-10-13-21-37)35-45(60-55)38-22-14-11-15-23-38/h10-35H,1-9H3. The number of fused-ring (bicyclic) bond motifs is 12. The lowest BCUT2D eigenvalue weighted by Gasteiger charge is -2.27. The van der Waals surface area contributed by atoms with E-state index in [1.165, 1.54) is 71.0 Å². The minimum Gasteiger partial charge on any atom is -0.334 e. The number of aromatic nitrogens is 5. The molecular formula is C58H53N5. The lowest BCUT2D eigenvalue weighted by atomic mass is 9.98. The fourth-order valence-electron chi connectivity index (χ4n) is 10.4. The van der Waals surface area contributed by atoms with Gasteiger partial charge in [0.15, 0.2) is 5.82 Å². The van der Waals surface area contributed by atoms with E-state index in [0.29, 0.717) is 5.82 Å². The van der Waals surface area contributed by atoms with Crippen molar-refractivity contribution in [1.82, 2.24) is 23.7 Å². The van der Waals surface area contributed by atoms with Gasteiger partial charge in [-0.2, -0.15) is 0 Å². The van der Waals surface area contributed by atoms with E-state index in [9.17, 15) is 0 Å². The highest BCUT2D eigenvalue weighted by atomic mass is 15.1. The van der Waals surface area contributed by atoms with Gasteiger partial charge >= 0.3 is 0 Å². The average molecular weight is 820 g/mol. The van der Waals surface area contributed by atoms with E-state index in [0.717, 1.165) is 33.6 Å². The van der Waals surface area contributed by atoms with Crippen LogP contribution in [0.3, 0.4) is 0 Å². The summed E-state index contributed by atoms with van der Waals surface area (Å²) in [7, 11) is 0. The van der Waals surface area contributed by atoms with Gasteiger partial charge in [0.05, 0.1) is 27.9 Å². The summed E-state index contributed by atoms with van der Waals surface area (Å²) in [5.41, 5.74) is 14.3. The van der Waals surface area contributed by atoms with Crippen LogP contribution in [-0.2, 0) is 16.6 Å². The summed E-state index contributed by atoms with van der Waals surface area (Å²) < 4.78 is 7.89. The second kappa shape index (κ2) is 13.8. The van der Waals surface area contributed by atoms with Crippen molar-refractivity contribution in [1.29, 1.82) is 0 Å². The molecule has 63 heavy (non-hydrogen) atoms. The van der Waals surface area contributed by atoms with E-state index in [1.807, 2.05) is 12.1 Å². The van der Waals surface area contributed by atoms with E-state index < -0.39 is 0 Å². The smallest absolute Gasteiger partial charge is 0.160 e. The third-order valence-corrected chi connectivity index (χ3v) is 12.8. The van der Waals surface area contributed by atoms with E-state index in [1.54, 1.807) is 0 Å². The molecule has 7 aromatic carbocycles. The summed E-state index contributed by atoms with van der Waals surface area (Å²) in [6, 6.07) is 56.9. The van der Waals surface area contributed by atoms with Gasteiger partial charge in [-0.15, -0.1) is 0 Å². The van der Waals surface area contributed by atoms with Crippen molar-refractivity contribution in [2.45, 2.75) is 78.9 Å². The number of hydrogen-bond donors (Lipinski definition) is 0. The molecule has 4 aromatic heterocycles. The van der Waals surface area contributed by atoms with Crippen LogP contribution in [0.1, 0.15) is 62.3 Å². The lowest BCUT2D eigenvalue weighted by Crippen LogP contribution is -2.23. The molecule has 0 saturated carbocycles. The quantitative estimate of drug-likeness (QED) is 0.177. The number of benzene rings is 7. The number of nitrogens with zero attached hydrogens (tertiary/aromatic N) is 5. The molecule has 0 fully saturated rings. The van der Waals surface area contributed by atoms with Crippen LogP contribution in [0.4, 0.5) is 0 Å². The van der Waals surface area contributed by atoms with Gasteiger partial charge in [0.25, 0.3) is 0 Å². The summed E-state index contributed by atoms with van der Waals surface area (Å²) >= 11 is 0. The Morgan fingerprint density at radius 3 is 1.13 bits per heavy atom. The van der Waals surface area contributed by atoms with Crippen LogP contribution in [0.25, 0.3) is 110 Å². The van der Waals surface area contributed by atoms with E-state index in [4.69, 9.17) is 9.97 Å². The van der Waals surface area contributed by atoms with Crippen LogP contribution < -0.4 is 0 Å². The van der Waals surface area contributed by atoms with Gasteiger partial charge in [-0.25, -0.2) is 9.97 Å². The first-order chi connectivity index (χ1) is 30.2. The zero-order chi connectivity index (χ0) is 43.6. The summed E-state index contributed by atoms with van der Waals surface area (Å²) in [6.45, 7) is 21.2. The SMILES string of the molecule is CC(C)(C)n1c2ccccc2c2c1c1c3ccccc3n(C(C)(C)C)c1c1c3cc(-c4ccc(-c5nc(-c6ccccc6)cc(-c6ccccc6)n5)cc4)ccc3n(C(C)(C)C)c21.